The number of nitrogens with one attached hydrogen (secondary N) is 1. The summed E-state index contributed by atoms with van der Waals surface area (Å²) >= 11 is 0. The van der Waals surface area contributed by atoms with Gasteiger partial charge in [-0.2, -0.15) is 0 Å². The van der Waals surface area contributed by atoms with E-state index in [4.69, 9.17) is 14.2 Å². The smallest absolute Gasteiger partial charge is 0.338 e. The lowest BCUT2D eigenvalue weighted by molar-refractivity contribution is -0.111. The second kappa shape index (κ2) is 11.2. The van der Waals surface area contributed by atoms with Crippen molar-refractivity contribution in [2.45, 2.75) is 45.1 Å². The van der Waals surface area contributed by atoms with Gasteiger partial charge in [-0.1, -0.05) is 12.5 Å². The number of ether oxygens (including phenoxy) is 3. The maximum Gasteiger partial charge on any atom is 0.338 e. The fourth-order valence-corrected chi connectivity index (χ4v) is 3.51. The van der Waals surface area contributed by atoms with Crippen LogP contribution in [0.1, 0.15) is 54.9 Å². The molecule has 1 aliphatic carbocycles. The first-order chi connectivity index (χ1) is 15.1. The molecular formula is C25H29NO5. The van der Waals surface area contributed by atoms with Crippen LogP contribution in [-0.4, -0.2) is 31.7 Å². The second-order valence-corrected chi connectivity index (χ2v) is 7.41. The molecule has 0 radical (unpaired) electrons. The van der Waals surface area contributed by atoms with Crippen LogP contribution in [0.25, 0.3) is 6.08 Å². The van der Waals surface area contributed by atoms with Gasteiger partial charge < -0.3 is 19.5 Å². The van der Waals surface area contributed by atoms with Crippen LogP contribution >= 0.6 is 0 Å². The third-order valence-electron chi connectivity index (χ3n) is 5.13. The first kappa shape index (κ1) is 22.4. The molecule has 0 unspecified atom stereocenters. The van der Waals surface area contributed by atoms with Gasteiger partial charge in [0.2, 0.25) is 5.91 Å². The molecular weight excluding hydrogens is 394 g/mol. The van der Waals surface area contributed by atoms with Gasteiger partial charge in [0.25, 0.3) is 0 Å². The molecule has 0 atom stereocenters. The van der Waals surface area contributed by atoms with Crippen LogP contribution in [0.5, 0.6) is 11.5 Å². The van der Waals surface area contributed by atoms with Gasteiger partial charge >= 0.3 is 5.97 Å². The molecule has 1 N–H and O–H groups in total. The molecule has 0 bridgehead atoms. The van der Waals surface area contributed by atoms with Gasteiger partial charge in [0, 0.05) is 11.8 Å². The van der Waals surface area contributed by atoms with Crippen LogP contribution in [-0.2, 0) is 9.53 Å². The number of carbonyl (C=O) groups excluding carboxylic acids is 2. The zero-order valence-corrected chi connectivity index (χ0v) is 18.1. The largest absolute Gasteiger partial charge is 0.493 e. The Balaban J connectivity index is 1.55. The van der Waals surface area contributed by atoms with Gasteiger partial charge in [0.15, 0.2) is 11.5 Å². The van der Waals surface area contributed by atoms with Crippen LogP contribution in [0.3, 0.4) is 0 Å². The van der Waals surface area contributed by atoms with Crippen LogP contribution in [0.2, 0.25) is 0 Å². The Morgan fingerprint density at radius 1 is 1.03 bits per heavy atom. The van der Waals surface area contributed by atoms with Crippen LogP contribution in [0, 0.1) is 0 Å². The predicted octanol–water partition coefficient (Wildman–Crippen LogP) is 5.24. The van der Waals surface area contributed by atoms with E-state index >= 15 is 0 Å². The predicted molar refractivity (Wildman–Crippen MR) is 121 cm³/mol. The van der Waals surface area contributed by atoms with Crippen molar-refractivity contribution in [3.05, 3.63) is 59.7 Å². The first-order valence-electron chi connectivity index (χ1n) is 10.7. The number of amides is 1. The standard InChI is InChI=1S/C25H29NO5/c1-3-30-22-15-9-18(17-23(22)29-2)10-16-24(27)26-20-13-11-19(12-14-20)25(28)31-21-7-5-4-6-8-21/h9-17,21H,3-8H2,1-2H3,(H,26,27)/b16-10+. The van der Waals surface area contributed by atoms with Crippen molar-refractivity contribution in [2.75, 3.05) is 19.0 Å². The zero-order chi connectivity index (χ0) is 22.1. The third-order valence-corrected chi connectivity index (χ3v) is 5.13. The molecule has 3 rings (SSSR count). The van der Waals surface area contributed by atoms with E-state index in [1.54, 1.807) is 37.5 Å². The van der Waals surface area contributed by atoms with Gasteiger partial charge in [-0.05, 0) is 80.6 Å². The van der Waals surface area contributed by atoms with Crippen LogP contribution in [0.4, 0.5) is 5.69 Å². The Morgan fingerprint density at radius 3 is 2.45 bits per heavy atom. The summed E-state index contributed by atoms with van der Waals surface area (Å²) in [5, 5.41) is 2.79. The summed E-state index contributed by atoms with van der Waals surface area (Å²) in [7, 11) is 1.58. The number of benzene rings is 2. The quantitative estimate of drug-likeness (QED) is 0.465. The van der Waals surface area contributed by atoms with Crippen LogP contribution in [0.15, 0.2) is 48.5 Å². The van der Waals surface area contributed by atoms with Crippen molar-refractivity contribution in [2.24, 2.45) is 0 Å². The van der Waals surface area contributed by atoms with Crippen molar-refractivity contribution in [1.29, 1.82) is 0 Å². The van der Waals surface area contributed by atoms with Gasteiger partial charge in [-0.15, -0.1) is 0 Å². The Kier molecular flexibility index (Phi) is 8.10. The van der Waals surface area contributed by atoms with Crippen molar-refractivity contribution in [1.82, 2.24) is 0 Å². The van der Waals surface area contributed by atoms with E-state index in [0.717, 1.165) is 31.2 Å². The maximum atomic E-state index is 12.3. The summed E-state index contributed by atoms with van der Waals surface area (Å²) in [6.07, 6.45) is 8.47. The molecule has 1 aliphatic rings. The number of carbonyl (C=O) groups is 2. The van der Waals surface area contributed by atoms with Crippen LogP contribution < -0.4 is 14.8 Å². The number of anilines is 1. The van der Waals surface area contributed by atoms with Gasteiger partial charge in [0.1, 0.15) is 6.10 Å². The fourth-order valence-electron chi connectivity index (χ4n) is 3.51. The summed E-state index contributed by atoms with van der Waals surface area (Å²) in [5.74, 6) is 0.688. The SMILES string of the molecule is CCOc1ccc(/C=C/C(=O)Nc2ccc(C(=O)OC3CCCCC3)cc2)cc1OC. The lowest BCUT2D eigenvalue weighted by Gasteiger charge is -2.21. The van der Waals surface area contributed by atoms with Gasteiger partial charge in [-0.3, -0.25) is 4.79 Å². The number of rotatable bonds is 8. The third kappa shape index (κ3) is 6.60. The minimum atomic E-state index is -0.311. The molecule has 164 valence electrons. The Labute approximate surface area is 183 Å². The highest BCUT2D eigenvalue weighted by Crippen LogP contribution is 2.28. The van der Waals surface area contributed by atoms with E-state index in [-0.39, 0.29) is 18.0 Å². The van der Waals surface area contributed by atoms with Crippen molar-refractivity contribution < 1.29 is 23.8 Å². The van der Waals surface area contributed by atoms with E-state index in [1.165, 1.54) is 12.5 Å². The molecule has 2 aromatic rings. The highest BCUT2D eigenvalue weighted by molar-refractivity contribution is 6.02. The van der Waals surface area contributed by atoms with Gasteiger partial charge in [-0.25, -0.2) is 4.79 Å². The molecule has 0 aliphatic heterocycles. The monoisotopic (exact) mass is 423 g/mol. The van der Waals surface area contributed by atoms with E-state index in [0.29, 0.717) is 29.4 Å². The molecule has 1 saturated carbocycles. The Morgan fingerprint density at radius 2 is 1.77 bits per heavy atom. The number of esters is 1. The minimum absolute atomic E-state index is 0.0204. The van der Waals surface area contributed by atoms with Crippen molar-refractivity contribution in [3.8, 4) is 11.5 Å². The molecule has 6 nitrogen and oxygen atoms in total. The molecule has 31 heavy (non-hydrogen) atoms. The normalized spacial score (nSPS) is 14.3. The Bertz CT molecular complexity index is 914. The summed E-state index contributed by atoms with van der Waals surface area (Å²) in [6, 6.07) is 12.2. The highest BCUT2D eigenvalue weighted by atomic mass is 16.5. The molecule has 0 heterocycles. The summed E-state index contributed by atoms with van der Waals surface area (Å²) in [6.45, 7) is 2.45. The first-order valence-corrected chi connectivity index (χ1v) is 10.7. The topological polar surface area (TPSA) is 73.9 Å². The molecule has 0 saturated heterocycles. The van der Waals surface area contributed by atoms with E-state index in [9.17, 15) is 9.59 Å². The molecule has 0 aromatic heterocycles. The highest BCUT2D eigenvalue weighted by Gasteiger charge is 2.18. The number of hydrogen-bond acceptors (Lipinski definition) is 5. The average Bonchev–Trinajstić information content (AvgIpc) is 2.79. The molecule has 6 heteroatoms. The number of methoxy groups -OCH3 is 1. The minimum Gasteiger partial charge on any atom is -0.493 e. The maximum absolute atomic E-state index is 12.3. The second-order valence-electron chi connectivity index (χ2n) is 7.41. The number of hydrogen-bond donors (Lipinski definition) is 1. The lowest BCUT2D eigenvalue weighted by Crippen LogP contribution is -2.20. The fraction of sp³-hybridized carbons (Fsp3) is 0.360. The average molecular weight is 424 g/mol. The molecule has 1 amide bonds. The van der Waals surface area contributed by atoms with Crippen molar-refractivity contribution >= 4 is 23.6 Å². The zero-order valence-electron chi connectivity index (χ0n) is 18.1. The molecule has 2 aromatic carbocycles. The van der Waals surface area contributed by atoms with E-state index < -0.39 is 0 Å². The summed E-state index contributed by atoms with van der Waals surface area (Å²) in [4.78, 5) is 24.5. The van der Waals surface area contributed by atoms with E-state index in [1.807, 2.05) is 25.1 Å². The summed E-state index contributed by atoms with van der Waals surface area (Å²) < 4.78 is 16.4. The Hall–Kier alpha value is -3.28. The van der Waals surface area contributed by atoms with E-state index in [2.05, 4.69) is 5.32 Å². The van der Waals surface area contributed by atoms with Gasteiger partial charge in [0.05, 0.1) is 19.3 Å². The lowest BCUT2D eigenvalue weighted by atomic mass is 9.98. The van der Waals surface area contributed by atoms with Crippen molar-refractivity contribution in [3.63, 3.8) is 0 Å². The summed E-state index contributed by atoms with van der Waals surface area (Å²) in [5.41, 5.74) is 1.91. The molecule has 1 fully saturated rings. The molecule has 0 spiro atoms.